The highest BCUT2D eigenvalue weighted by Crippen LogP contribution is 2.55. The monoisotopic (exact) mass is 475 g/mol. The summed E-state index contributed by atoms with van der Waals surface area (Å²) in [7, 11) is 0. The van der Waals surface area contributed by atoms with Crippen LogP contribution >= 0.6 is 0 Å². The van der Waals surface area contributed by atoms with Crippen LogP contribution in [-0.4, -0.2) is 25.9 Å². The zero-order chi connectivity index (χ0) is 24.9. The molecule has 0 bridgehead atoms. The number of ketones is 1. The topological polar surface area (TPSA) is 106 Å². The molecule has 1 saturated carbocycles. The van der Waals surface area contributed by atoms with E-state index < -0.39 is 11.3 Å². The summed E-state index contributed by atoms with van der Waals surface area (Å²) in [6, 6.07) is 20.3. The van der Waals surface area contributed by atoms with Gasteiger partial charge in [0.1, 0.15) is 5.92 Å². The predicted molar refractivity (Wildman–Crippen MR) is 132 cm³/mol. The highest BCUT2D eigenvalue weighted by Gasteiger charge is 2.56. The molecule has 4 aromatic rings. The van der Waals surface area contributed by atoms with E-state index in [-0.39, 0.29) is 17.6 Å². The molecule has 0 amide bonds. The summed E-state index contributed by atoms with van der Waals surface area (Å²) in [4.78, 5) is 27.2. The lowest BCUT2D eigenvalue weighted by atomic mass is 9.51. The molecule has 2 heterocycles. The standard InChI is InChI=1S/C29H25N5O2/c1-17-24-13-12-21-16-31-27(19-8-10-20(11-9-19)28-32-18(2)34-36-28)33-26(21)29(24,14-22(15-30)25(17)35)23-6-4-3-5-7-23/h3-11,16-17,22,24H,12-14H2,1-2H3/t17-,22?,24-,29-/m0/s1. The van der Waals surface area contributed by atoms with Gasteiger partial charge in [0.25, 0.3) is 5.89 Å². The van der Waals surface area contributed by atoms with Gasteiger partial charge in [-0.3, -0.25) is 4.79 Å². The van der Waals surface area contributed by atoms with Crippen molar-refractivity contribution in [2.24, 2.45) is 17.8 Å². The number of hydrogen-bond donors (Lipinski definition) is 0. The molecule has 1 unspecified atom stereocenters. The molecule has 2 aromatic carbocycles. The molecule has 0 aliphatic heterocycles. The number of Topliss-reactive ketones (excluding diaryl/α,β-unsaturated/α-hetero) is 1. The Morgan fingerprint density at radius 1 is 1.06 bits per heavy atom. The smallest absolute Gasteiger partial charge is 0.257 e. The number of aromatic nitrogens is 4. The Morgan fingerprint density at radius 2 is 1.81 bits per heavy atom. The van der Waals surface area contributed by atoms with Crippen LogP contribution < -0.4 is 0 Å². The first-order chi connectivity index (χ1) is 17.5. The van der Waals surface area contributed by atoms with E-state index in [0.29, 0.717) is 24.0 Å². The Morgan fingerprint density at radius 3 is 2.50 bits per heavy atom. The second kappa shape index (κ2) is 8.49. The minimum absolute atomic E-state index is 0.0543. The van der Waals surface area contributed by atoms with E-state index in [1.165, 1.54) is 0 Å². The maximum atomic E-state index is 13.1. The van der Waals surface area contributed by atoms with Gasteiger partial charge in [0.05, 0.1) is 11.8 Å². The van der Waals surface area contributed by atoms with Crippen molar-refractivity contribution in [2.45, 2.75) is 38.5 Å². The van der Waals surface area contributed by atoms with Crippen LogP contribution in [0.5, 0.6) is 0 Å². The first kappa shape index (κ1) is 22.3. The number of carbonyl (C=O) groups is 1. The third-order valence-corrected chi connectivity index (χ3v) is 7.93. The molecule has 2 aliphatic rings. The van der Waals surface area contributed by atoms with Gasteiger partial charge in [-0.15, -0.1) is 0 Å². The van der Waals surface area contributed by atoms with Gasteiger partial charge in [-0.1, -0.05) is 54.5 Å². The summed E-state index contributed by atoms with van der Waals surface area (Å²) in [5.41, 5.74) is 4.35. The van der Waals surface area contributed by atoms with Gasteiger partial charge < -0.3 is 4.52 Å². The van der Waals surface area contributed by atoms with Crippen molar-refractivity contribution in [3.8, 4) is 28.9 Å². The van der Waals surface area contributed by atoms with Crippen molar-refractivity contribution in [1.29, 1.82) is 5.26 Å². The van der Waals surface area contributed by atoms with Crippen molar-refractivity contribution in [3.05, 3.63) is 83.4 Å². The fourth-order valence-corrected chi connectivity index (χ4v) is 6.20. The molecule has 2 aliphatic carbocycles. The third kappa shape index (κ3) is 3.36. The van der Waals surface area contributed by atoms with Crippen LogP contribution in [0.2, 0.25) is 0 Å². The van der Waals surface area contributed by atoms with Crippen molar-refractivity contribution in [1.82, 2.24) is 20.1 Å². The maximum Gasteiger partial charge on any atom is 0.257 e. The van der Waals surface area contributed by atoms with Crippen LogP contribution in [0.15, 0.2) is 65.3 Å². The summed E-state index contributed by atoms with van der Waals surface area (Å²) in [6.45, 7) is 3.77. The summed E-state index contributed by atoms with van der Waals surface area (Å²) in [5.74, 6) is 0.943. The van der Waals surface area contributed by atoms with Crippen molar-refractivity contribution >= 4 is 5.78 Å². The van der Waals surface area contributed by atoms with E-state index in [9.17, 15) is 10.1 Å². The zero-order valence-corrected chi connectivity index (χ0v) is 20.2. The lowest BCUT2D eigenvalue weighted by Crippen LogP contribution is -2.53. The van der Waals surface area contributed by atoms with Gasteiger partial charge in [0.15, 0.2) is 17.4 Å². The molecule has 0 saturated heterocycles. The van der Waals surface area contributed by atoms with Crippen LogP contribution in [0.3, 0.4) is 0 Å². The van der Waals surface area contributed by atoms with Crippen molar-refractivity contribution in [2.75, 3.05) is 0 Å². The minimum atomic E-state index is -0.655. The number of aryl methyl sites for hydroxylation is 2. The van der Waals surface area contributed by atoms with E-state index in [1.54, 1.807) is 6.92 Å². The van der Waals surface area contributed by atoms with E-state index in [1.807, 2.05) is 55.6 Å². The quantitative estimate of drug-likeness (QED) is 0.406. The number of fused-ring (bicyclic) bond motifs is 3. The number of rotatable bonds is 3. The van der Waals surface area contributed by atoms with Crippen LogP contribution in [0, 0.1) is 36.0 Å². The van der Waals surface area contributed by atoms with Gasteiger partial charge in [-0.05, 0) is 55.4 Å². The number of benzene rings is 2. The third-order valence-electron chi connectivity index (χ3n) is 7.93. The maximum absolute atomic E-state index is 13.1. The Kier molecular flexibility index (Phi) is 5.26. The lowest BCUT2D eigenvalue weighted by molar-refractivity contribution is -0.131. The van der Waals surface area contributed by atoms with Gasteiger partial charge in [-0.2, -0.15) is 10.2 Å². The van der Waals surface area contributed by atoms with E-state index in [0.717, 1.165) is 40.8 Å². The molecule has 1 fully saturated rings. The van der Waals surface area contributed by atoms with Gasteiger partial charge >= 0.3 is 0 Å². The number of nitriles is 1. The molecule has 0 radical (unpaired) electrons. The number of hydrogen-bond acceptors (Lipinski definition) is 7. The van der Waals surface area contributed by atoms with E-state index in [2.05, 4.69) is 28.3 Å². The zero-order valence-electron chi connectivity index (χ0n) is 20.2. The molecule has 2 aromatic heterocycles. The fraction of sp³-hybridized carbons (Fsp3) is 0.310. The summed E-state index contributed by atoms with van der Waals surface area (Å²) in [6.07, 6.45) is 4.06. The summed E-state index contributed by atoms with van der Waals surface area (Å²) >= 11 is 0. The first-order valence-electron chi connectivity index (χ1n) is 12.3. The Bertz CT molecular complexity index is 1490. The van der Waals surface area contributed by atoms with Crippen molar-refractivity contribution < 1.29 is 9.32 Å². The first-order valence-corrected chi connectivity index (χ1v) is 12.3. The number of nitrogens with zero attached hydrogens (tertiary/aromatic N) is 5. The normalized spacial score (nSPS) is 25.0. The largest absolute Gasteiger partial charge is 0.334 e. The van der Waals surface area contributed by atoms with Gasteiger partial charge in [-0.25, -0.2) is 9.97 Å². The summed E-state index contributed by atoms with van der Waals surface area (Å²) in [5, 5.41) is 13.8. The molecular formula is C29H25N5O2. The SMILES string of the molecule is Cc1noc(-c2ccc(-c3ncc4c(n3)[C@]3(c5ccccc5)CC(C#N)C(=O)[C@@H](C)[C@@H]3CC4)cc2)n1. The van der Waals surface area contributed by atoms with Crippen LogP contribution in [0.25, 0.3) is 22.8 Å². The van der Waals surface area contributed by atoms with Gasteiger partial charge in [0, 0.05) is 28.7 Å². The predicted octanol–water partition coefficient (Wildman–Crippen LogP) is 5.10. The molecular weight excluding hydrogens is 450 g/mol. The average Bonchev–Trinajstić information content (AvgIpc) is 3.37. The molecule has 7 heteroatoms. The molecule has 178 valence electrons. The second-order valence-corrected chi connectivity index (χ2v) is 9.85. The van der Waals surface area contributed by atoms with E-state index in [4.69, 9.17) is 14.5 Å². The number of carbonyl (C=O) groups excluding carboxylic acids is 1. The molecule has 4 atom stereocenters. The van der Waals surface area contributed by atoms with Crippen LogP contribution in [-0.2, 0) is 16.6 Å². The minimum Gasteiger partial charge on any atom is -0.334 e. The Hall–Kier alpha value is -4.18. The summed E-state index contributed by atoms with van der Waals surface area (Å²) < 4.78 is 5.28. The molecule has 6 rings (SSSR count). The average molecular weight is 476 g/mol. The van der Waals surface area contributed by atoms with Gasteiger partial charge in [0.2, 0.25) is 0 Å². The van der Waals surface area contributed by atoms with E-state index >= 15 is 0 Å². The molecule has 7 nitrogen and oxygen atoms in total. The lowest BCUT2D eigenvalue weighted by Gasteiger charge is -2.51. The van der Waals surface area contributed by atoms with Crippen molar-refractivity contribution in [3.63, 3.8) is 0 Å². The Labute approximate surface area is 209 Å². The molecule has 0 spiro atoms. The highest BCUT2D eigenvalue weighted by molar-refractivity contribution is 5.87. The highest BCUT2D eigenvalue weighted by atomic mass is 16.5. The molecule has 0 N–H and O–H groups in total. The van der Waals surface area contributed by atoms with Crippen LogP contribution in [0.4, 0.5) is 0 Å². The van der Waals surface area contributed by atoms with Crippen LogP contribution in [0.1, 0.15) is 42.4 Å². The second-order valence-electron chi connectivity index (χ2n) is 9.85. The Balaban J connectivity index is 1.49. The fourth-order valence-electron chi connectivity index (χ4n) is 6.20. The molecule has 36 heavy (non-hydrogen) atoms.